The van der Waals surface area contributed by atoms with Crippen LogP contribution in [0.5, 0.6) is 28.7 Å². The molecule has 0 spiro atoms. The molecule has 0 aliphatic rings. The van der Waals surface area contributed by atoms with E-state index in [1.54, 1.807) is 47.9 Å². The summed E-state index contributed by atoms with van der Waals surface area (Å²) in [6.45, 7) is 0.00132. The van der Waals surface area contributed by atoms with Gasteiger partial charge in [0.05, 0.1) is 28.4 Å². The summed E-state index contributed by atoms with van der Waals surface area (Å²) < 4.78 is 26.7. The number of benzene rings is 2. The van der Waals surface area contributed by atoms with Crippen molar-refractivity contribution < 1.29 is 43.4 Å². The highest BCUT2D eigenvalue weighted by molar-refractivity contribution is 5.81. The van der Waals surface area contributed by atoms with E-state index >= 15 is 0 Å². The fourth-order valence-corrected chi connectivity index (χ4v) is 3.42. The smallest absolute Gasteiger partial charge is 0.413 e. The van der Waals surface area contributed by atoms with Crippen molar-refractivity contribution in [1.82, 2.24) is 10.7 Å². The number of nitro groups is 1. The van der Waals surface area contributed by atoms with Crippen LogP contribution >= 0.6 is 0 Å². The fourth-order valence-electron chi connectivity index (χ4n) is 3.42. The third-order valence-corrected chi connectivity index (χ3v) is 5.27. The van der Waals surface area contributed by atoms with Gasteiger partial charge in [-0.25, -0.2) is 24.7 Å². The van der Waals surface area contributed by atoms with Crippen molar-refractivity contribution in [2.75, 3.05) is 35.0 Å². The summed E-state index contributed by atoms with van der Waals surface area (Å²) >= 11 is 0. The van der Waals surface area contributed by atoms with Crippen LogP contribution in [0.1, 0.15) is 24.0 Å². The lowest BCUT2D eigenvalue weighted by molar-refractivity contribution is -0.525. The Hall–Kier alpha value is -5.21. The van der Waals surface area contributed by atoms with Gasteiger partial charge in [-0.2, -0.15) is 0 Å². The van der Waals surface area contributed by atoms with Crippen molar-refractivity contribution >= 4 is 30.2 Å². The van der Waals surface area contributed by atoms with Gasteiger partial charge in [-0.05, 0) is 48.2 Å². The number of hydrogen-bond donors (Lipinski definition) is 4. The fraction of sp³-hybridized carbons (Fsp3) is 0.320. The first kappa shape index (κ1) is 31.0. The first-order valence-electron chi connectivity index (χ1n) is 11.7. The van der Waals surface area contributed by atoms with E-state index in [4.69, 9.17) is 29.4 Å². The van der Waals surface area contributed by atoms with Gasteiger partial charge >= 0.3 is 12.1 Å². The Kier molecular flexibility index (Phi) is 11.8. The Morgan fingerprint density at radius 2 is 1.60 bits per heavy atom. The highest BCUT2D eigenvalue weighted by atomic mass is 16.7. The van der Waals surface area contributed by atoms with E-state index in [0.717, 1.165) is 5.56 Å². The highest BCUT2D eigenvalue weighted by Gasteiger charge is 2.21. The summed E-state index contributed by atoms with van der Waals surface area (Å²) in [4.78, 5) is 38.1. The SMILES string of the molecule is COc1ccc(/C=C\c2cc(OC)c(OC)c(OC)c2)cc1OC(=O)NC(CCCN=C(N)N[N+](=O)[O-])C(=O)O. The summed E-state index contributed by atoms with van der Waals surface area (Å²) in [5.41, 5.74) is 8.37. The summed E-state index contributed by atoms with van der Waals surface area (Å²) in [5, 5.41) is 21.2. The summed E-state index contributed by atoms with van der Waals surface area (Å²) in [6.07, 6.45) is 2.66. The molecule has 15 heteroatoms. The van der Waals surface area contributed by atoms with Gasteiger partial charge in [0, 0.05) is 6.54 Å². The van der Waals surface area contributed by atoms with Crippen molar-refractivity contribution in [2.24, 2.45) is 10.7 Å². The molecule has 0 aromatic heterocycles. The number of aliphatic carboxylic acids is 1. The van der Waals surface area contributed by atoms with Crippen molar-refractivity contribution in [3.05, 3.63) is 51.6 Å². The van der Waals surface area contributed by atoms with Gasteiger partial charge < -0.3 is 39.8 Å². The van der Waals surface area contributed by atoms with E-state index in [1.807, 2.05) is 0 Å². The van der Waals surface area contributed by atoms with E-state index in [2.05, 4.69) is 10.3 Å². The molecule has 1 amide bonds. The van der Waals surface area contributed by atoms with Gasteiger partial charge in [-0.3, -0.25) is 0 Å². The maximum absolute atomic E-state index is 12.5. The van der Waals surface area contributed by atoms with Gasteiger partial charge in [0.2, 0.25) is 5.75 Å². The molecule has 0 saturated carbocycles. The number of carboxylic acids is 1. The Bertz CT molecular complexity index is 1240. The van der Waals surface area contributed by atoms with Gasteiger partial charge in [-0.1, -0.05) is 23.6 Å². The molecular weight excluding hydrogens is 530 g/mol. The second-order valence-electron chi connectivity index (χ2n) is 7.91. The molecule has 0 aliphatic carbocycles. The first-order valence-corrected chi connectivity index (χ1v) is 11.7. The molecule has 15 nitrogen and oxygen atoms in total. The average molecular weight is 562 g/mol. The monoisotopic (exact) mass is 561 g/mol. The minimum Gasteiger partial charge on any atom is -0.493 e. The van der Waals surface area contributed by atoms with Crippen molar-refractivity contribution in [1.29, 1.82) is 0 Å². The molecule has 40 heavy (non-hydrogen) atoms. The number of nitrogens with one attached hydrogen (secondary N) is 2. The summed E-state index contributed by atoms with van der Waals surface area (Å²) in [5.74, 6) is -0.00481. The maximum Gasteiger partial charge on any atom is 0.413 e. The minimum atomic E-state index is -1.30. The number of carbonyl (C=O) groups is 2. The Morgan fingerprint density at radius 1 is 1.00 bits per heavy atom. The Morgan fingerprint density at radius 3 is 2.15 bits per heavy atom. The van der Waals surface area contributed by atoms with Gasteiger partial charge in [-0.15, -0.1) is 0 Å². The number of ether oxygens (including phenoxy) is 5. The van der Waals surface area contributed by atoms with Crippen LogP contribution in [0.2, 0.25) is 0 Å². The molecular formula is C25H31N5O10. The molecule has 216 valence electrons. The predicted molar refractivity (Wildman–Crippen MR) is 144 cm³/mol. The number of carbonyl (C=O) groups excluding carboxylic acids is 1. The van der Waals surface area contributed by atoms with Crippen LogP contribution in [-0.2, 0) is 4.79 Å². The number of carboxylic acid groups (broad SMARTS) is 1. The molecule has 1 unspecified atom stereocenters. The van der Waals surface area contributed by atoms with E-state index in [9.17, 15) is 24.8 Å². The zero-order valence-electron chi connectivity index (χ0n) is 22.3. The van der Waals surface area contributed by atoms with E-state index in [1.165, 1.54) is 28.4 Å². The first-order chi connectivity index (χ1) is 19.1. The number of nitrogens with two attached hydrogens (primary N) is 1. The van der Waals surface area contributed by atoms with E-state index in [0.29, 0.717) is 22.8 Å². The third kappa shape index (κ3) is 9.27. The van der Waals surface area contributed by atoms with Gasteiger partial charge in [0.1, 0.15) is 6.04 Å². The van der Waals surface area contributed by atoms with Crippen LogP contribution < -0.4 is 40.2 Å². The molecule has 2 aromatic rings. The predicted octanol–water partition coefficient (Wildman–Crippen LogP) is 2.31. The lowest BCUT2D eigenvalue weighted by Gasteiger charge is -2.15. The minimum absolute atomic E-state index is 0.00132. The van der Waals surface area contributed by atoms with Crippen molar-refractivity contribution in [3.63, 3.8) is 0 Å². The van der Waals surface area contributed by atoms with Crippen LogP contribution in [0, 0.1) is 10.1 Å². The molecule has 0 saturated heterocycles. The second kappa shape index (κ2) is 15.3. The maximum atomic E-state index is 12.5. The number of guanidine groups is 1. The molecule has 0 radical (unpaired) electrons. The summed E-state index contributed by atoms with van der Waals surface area (Å²) in [7, 11) is 5.93. The molecule has 5 N–H and O–H groups in total. The van der Waals surface area contributed by atoms with Crippen LogP contribution in [0.4, 0.5) is 4.79 Å². The van der Waals surface area contributed by atoms with E-state index in [-0.39, 0.29) is 30.9 Å². The second-order valence-corrected chi connectivity index (χ2v) is 7.91. The highest BCUT2D eigenvalue weighted by Crippen LogP contribution is 2.38. The largest absolute Gasteiger partial charge is 0.493 e. The lowest BCUT2D eigenvalue weighted by atomic mass is 10.1. The topological polar surface area (TPSA) is 206 Å². The molecule has 0 heterocycles. The van der Waals surface area contributed by atoms with Gasteiger partial charge in [0.15, 0.2) is 28.0 Å². The van der Waals surface area contributed by atoms with Crippen LogP contribution in [0.15, 0.2) is 35.3 Å². The molecule has 1 atom stereocenters. The molecule has 0 aliphatic heterocycles. The summed E-state index contributed by atoms with van der Waals surface area (Å²) in [6, 6.07) is 7.09. The Balaban J connectivity index is 2.12. The number of nitrogens with zero attached hydrogens (tertiary/aromatic N) is 2. The molecule has 2 aromatic carbocycles. The number of hydrazine groups is 1. The Labute approximate surface area is 229 Å². The van der Waals surface area contributed by atoms with E-state index < -0.39 is 29.1 Å². The lowest BCUT2D eigenvalue weighted by Crippen LogP contribution is -2.42. The zero-order valence-corrected chi connectivity index (χ0v) is 22.3. The standard InChI is InChI=1S/C25H31N5O10/c1-36-18-10-9-15(7-8-16-13-20(37-2)22(39-4)21(14-16)38-3)12-19(18)40-25(33)28-17(23(31)32)6-5-11-27-24(26)29-30(34)35/h7-10,12-14,17H,5-6,11H2,1-4H3,(H,28,33)(H,31,32)(H3,26,27,29)/b8-7-. The average Bonchev–Trinajstić information content (AvgIpc) is 2.92. The van der Waals surface area contributed by atoms with Crippen LogP contribution in [0.3, 0.4) is 0 Å². The zero-order chi connectivity index (χ0) is 29.7. The van der Waals surface area contributed by atoms with Gasteiger partial charge in [0.25, 0.3) is 5.96 Å². The molecule has 2 rings (SSSR count). The number of amides is 1. The van der Waals surface area contributed by atoms with Crippen molar-refractivity contribution in [2.45, 2.75) is 18.9 Å². The van der Waals surface area contributed by atoms with Crippen LogP contribution in [-0.4, -0.2) is 69.2 Å². The molecule has 0 bridgehead atoms. The molecule has 0 fully saturated rings. The number of aliphatic imine (C=N–C) groups is 1. The third-order valence-electron chi connectivity index (χ3n) is 5.27. The quantitative estimate of drug-likeness (QED) is 0.0654. The van der Waals surface area contributed by atoms with Crippen LogP contribution in [0.25, 0.3) is 12.2 Å². The number of rotatable bonds is 14. The van der Waals surface area contributed by atoms with Crippen molar-refractivity contribution in [3.8, 4) is 28.7 Å². The number of methoxy groups -OCH3 is 4. The normalized spacial score (nSPS) is 11.8. The number of hydrogen-bond acceptors (Lipinski definition) is 10.